The van der Waals surface area contributed by atoms with Crippen molar-refractivity contribution in [3.63, 3.8) is 0 Å². The third-order valence-electron chi connectivity index (χ3n) is 6.98. The van der Waals surface area contributed by atoms with E-state index in [0.29, 0.717) is 25.1 Å². The van der Waals surface area contributed by atoms with Crippen molar-refractivity contribution in [1.29, 1.82) is 0 Å². The highest BCUT2D eigenvalue weighted by Gasteiger charge is 2.54. The number of aromatic nitrogens is 2. The Morgan fingerprint density at radius 1 is 1.21 bits per heavy atom. The number of morpholine rings is 1. The van der Waals surface area contributed by atoms with E-state index < -0.39 is 5.41 Å². The van der Waals surface area contributed by atoms with E-state index in [1.807, 2.05) is 26.8 Å². The van der Waals surface area contributed by atoms with Crippen LogP contribution in [0.2, 0.25) is 0 Å². The van der Waals surface area contributed by atoms with Gasteiger partial charge in [-0.15, -0.1) is 0 Å². The van der Waals surface area contributed by atoms with Crippen molar-refractivity contribution in [3.05, 3.63) is 17.5 Å². The first-order chi connectivity index (χ1) is 14.0. The van der Waals surface area contributed by atoms with E-state index in [1.165, 1.54) is 0 Å². The van der Waals surface area contributed by atoms with Crippen LogP contribution >= 0.6 is 0 Å². The van der Waals surface area contributed by atoms with Gasteiger partial charge in [-0.2, -0.15) is 0 Å². The predicted octanol–water partition coefficient (Wildman–Crippen LogP) is 2.35. The Morgan fingerprint density at radius 3 is 2.62 bits per heavy atom. The molecule has 1 aliphatic carbocycles. The van der Waals surface area contributed by atoms with Crippen LogP contribution in [-0.2, 0) is 14.3 Å². The number of anilines is 1. The summed E-state index contributed by atoms with van der Waals surface area (Å²) in [5.41, 5.74) is 1.49. The number of carbonyl (C=O) groups is 1. The zero-order chi connectivity index (χ0) is 20.4. The number of fused-ring (bicyclic) bond motifs is 1. The summed E-state index contributed by atoms with van der Waals surface area (Å²) in [4.78, 5) is 27.3. The van der Waals surface area contributed by atoms with Crippen molar-refractivity contribution in [3.8, 4) is 0 Å². The highest BCUT2D eigenvalue weighted by Crippen LogP contribution is 2.49. The molecule has 7 nitrogen and oxygen atoms in total. The minimum Gasteiger partial charge on any atom is -0.466 e. The second-order valence-corrected chi connectivity index (χ2v) is 8.81. The number of rotatable bonds is 4. The van der Waals surface area contributed by atoms with Crippen LogP contribution in [-0.4, -0.2) is 72.9 Å². The zero-order valence-corrected chi connectivity index (χ0v) is 18.0. The molecule has 7 heteroatoms. The van der Waals surface area contributed by atoms with Gasteiger partial charge in [0.2, 0.25) is 5.95 Å². The van der Waals surface area contributed by atoms with Crippen LogP contribution < -0.4 is 4.90 Å². The molecule has 1 aromatic rings. The normalized spacial score (nSPS) is 30.7. The molecule has 29 heavy (non-hydrogen) atoms. The number of esters is 1. The van der Waals surface area contributed by atoms with Crippen molar-refractivity contribution in [2.24, 2.45) is 11.3 Å². The molecule has 0 radical (unpaired) electrons. The summed E-state index contributed by atoms with van der Waals surface area (Å²) in [7, 11) is 0. The third-order valence-corrected chi connectivity index (χ3v) is 6.98. The van der Waals surface area contributed by atoms with Crippen molar-refractivity contribution < 1.29 is 14.3 Å². The van der Waals surface area contributed by atoms with E-state index in [4.69, 9.17) is 9.47 Å². The molecule has 1 saturated carbocycles. The average molecular weight is 403 g/mol. The molecule has 1 aromatic heterocycles. The van der Waals surface area contributed by atoms with Gasteiger partial charge in [-0.3, -0.25) is 9.69 Å². The van der Waals surface area contributed by atoms with E-state index in [9.17, 15) is 4.79 Å². The van der Waals surface area contributed by atoms with Gasteiger partial charge in [-0.25, -0.2) is 9.97 Å². The topological polar surface area (TPSA) is 67.8 Å². The maximum absolute atomic E-state index is 13.2. The van der Waals surface area contributed by atoms with Crippen LogP contribution in [0.1, 0.15) is 44.0 Å². The Labute approximate surface area is 173 Å². The summed E-state index contributed by atoms with van der Waals surface area (Å²) < 4.78 is 11.1. The fourth-order valence-electron chi connectivity index (χ4n) is 5.54. The maximum Gasteiger partial charge on any atom is 0.314 e. The quantitative estimate of drug-likeness (QED) is 0.716. The monoisotopic (exact) mass is 402 g/mol. The lowest BCUT2D eigenvalue weighted by molar-refractivity contribution is -0.164. The first-order valence-electron chi connectivity index (χ1n) is 11.1. The molecule has 0 unspecified atom stereocenters. The Morgan fingerprint density at radius 2 is 1.93 bits per heavy atom. The second kappa shape index (κ2) is 8.56. The fourth-order valence-corrected chi connectivity index (χ4v) is 5.54. The predicted molar refractivity (Wildman–Crippen MR) is 111 cm³/mol. The minimum absolute atomic E-state index is 0.0282. The van der Waals surface area contributed by atoms with E-state index in [0.717, 1.165) is 75.9 Å². The molecule has 160 valence electrons. The Hall–Kier alpha value is -1.73. The molecule has 0 N–H and O–H groups in total. The van der Waals surface area contributed by atoms with Crippen LogP contribution in [0.3, 0.4) is 0 Å². The van der Waals surface area contributed by atoms with E-state index in [1.54, 1.807) is 0 Å². The molecule has 0 amide bonds. The van der Waals surface area contributed by atoms with Gasteiger partial charge in [-0.1, -0.05) is 0 Å². The molecule has 0 spiro atoms. The summed E-state index contributed by atoms with van der Waals surface area (Å²) in [5, 5.41) is 0. The van der Waals surface area contributed by atoms with Crippen LogP contribution in [0.5, 0.6) is 0 Å². The van der Waals surface area contributed by atoms with E-state index in [2.05, 4.69) is 19.8 Å². The van der Waals surface area contributed by atoms with Gasteiger partial charge in [0.1, 0.15) is 0 Å². The van der Waals surface area contributed by atoms with Crippen LogP contribution in [0.15, 0.2) is 6.07 Å². The number of hydrogen-bond donors (Lipinski definition) is 0. The average Bonchev–Trinajstić information content (AvgIpc) is 2.73. The lowest BCUT2D eigenvalue weighted by Crippen LogP contribution is -2.59. The number of aryl methyl sites for hydroxylation is 2. The molecule has 3 fully saturated rings. The minimum atomic E-state index is -0.446. The smallest absolute Gasteiger partial charge is 0.314 e. The largest absolute Gasteiger partial charge is 0.466 e. The van der Waals surface area contributed by atoms with Crippen LogP contribution in [0.4, 0.5) is 5.95 Å². The highest BCUT2D eigenvalue weighted by atomic mass is 16.5. The molecule has 3 heterocycles. The van der Waals surface area contributed by atoms with Crippen LogP contribution in [0.25, 0.3) is 0 Å². The molecule has 2 saturated heterocycles. The number of ether oxygens (including phenoxy) is 2. The molecule has 0 aromatic carbocycles. The van der Waals surface area contributed by atoms with Crippen molar-refractivity contribution in [2.75, 3.05) is 50.9 Å². The lowest BCUT2D eigenvalue weighted by atomic mass is 9.61. The Bertz CT molecular complexity index is 717. The van der Waals surface area contributed by atoms with Gasteiger partial charge in [0, 0.05) is 43.6 Å². The Balaban J connectivity index is 1.56. The van der Waals surface area contributed by atoms with Gasteiger partial charge >= 0.3 is 5.97 Å². The molecule has 4 rings (SSSR count). The molecular weight excluding hydrogens is 368 g/mol. The van der Waals surface area contributed by atoms with Gasteiger partial charge < -0.3 is 14.4 Å². The molecular formula is C22H34N4O3. The molecule has 2 aliphatic heterocycles. The number of hydrogen-bond acceptors (Lipinski definition) is 7. The van der Waals surface area contributed by atoms with Crippen molar-refractivity contribution >= 4 is 11.9 Å². The summed E-state index contributed by atoms with van der Waals surface area (Å²) in [6.07, 6.45) is 3.97. The van der Waals surface area contributed by atoms with Gasteiger partial charge in [0.05, 0.1) is 25.2 Å². The van der Waals surface area contributed by atoms with E-state index in [-0.39, 0.29) is 5.97 Å². The standard InChI is InChI=1S/C22H34N4O3/c1-4-29-20(27)22-7-5-19(25-9-11-28-12-10-25)14-18(22)6-8-26(15-22)21-23-16(2)13-17(3)24-21/h13,18-19H,4-12,14-15H2,1-3H3/t18-,19+,22-/m1/s1. The maximum atomic E-state index is 13.2. The van der Waals surface area contributed by atoms with Gasteiger partial charge in [0.25, 0.3) is 0 Å². The number of carbonyl (C=O) groups excluding carboxylic acids is 1. The van der Waals surface area contributed by atoms with Gasteiger partial charge in [-0.05, 0) is 58.4 Å². The molecule has 3 atom stereocenters. The summed E-state index contributed by atoms with van der Waals surface area (Å²) in [6, 6.07) is 2.54. The van der Waals surface area contributed by atoms with Crippen LogP contribution in [0, 0.1) is 25.2 Å². The summed E-state index contributed by atoms with van der Waals surface area (Å²) in [6.45, 7) is 11.5. The van der Waals surface area contributed by atoms with E-state index >= 15 is 0 Å². The lowest BCUT2D eigenvalue weighted by Gasteiger charge is -2.52. The number of nitrogens with zero attached hydrogens (tertiary/aromatic N) is 4. The first-order valence-corrected chi connectivity index (χ1v) is 11.1. The number of piperidine rings is 1. The highest BCUT2D eigenvalue weighted by molar-refractivity contribution is 5.78. The summed E-state index contributed by atoms with van der Waals surface area (Å²) in [5.74, 6) is 1.07. The summed E-state index contributed by atoms with van der Waals surface area (Å²) >= 11 is 0. The third kappa shape index (κ3) is 4.12. The zero-order valence-electron chi connectivity index (χ0n) is 18.0. The van der Waals surface area contributed by atoms with Crippen molar-refractivity contribution in [2.45, 2.75) is 52.5 Å². The fraction of sp³-hybridized carbons (Fsp3) is 0.773. The van der Waals surface area contributed by atoms with Crippen molar-refractivity contribution in [1.82, 2.24) is 14.9 Å². The second-order valence-electron chi connectivity index (χ2n) is 8.81. The Kier molecular flexibility index (Phi) is 6.06. The van der Waals surface area contributed by atoms with Gasteiger partial charge in [0.15, 0.2) is 0 Å². The molecule has 0 bridgehead atoms. The SMILES string of the molecule is CCOC(=O)[C@@]12CC[C@H](N3CCOCC3)C[C@H]1CCN(c1nc(C)cc(C)n1)C2. The molecule has 3 aliphatic rings. The first kappa shape index (κ1) is 20.5.